The molecule has 8 heteroatoms. The van der Waals surface area contributed by atoms with Gasteiger partial charge >= 0.3 is 6.18 Å². The summed E-state index contributed by atoms with van der Waals surface area (Å²) in [6.45, 7) is 1.07. The Bertz CT molecular complexity index is 854. The van der Waals surface area contributed by atoms with Crippen molar-refractivity contribution < 1.29 is 27.4 Å². The second kappa shape index (κ2) is 10.3. The summed E-state index contributed by atoms with van der Waals surface area (Å²) in [5.41, 5.74) is 0.387. The van der Waals surface area contributed by atoms with Crippen molar-refractivity contribution in [3.8, 4) is 11.5 Å². The zero-order chi connectivity index (χ0) is 22.3. The molecule has 1 amide bonds. The third kappa shape index (κ3) is 6.66. The third-order valence-electron chi connectivity index (χ3n) is 4.63. The molecule has 0 bridgehead atoms. The summed E-state index contributed by atoms with van der Waals surface area (Å²) in [5.74, 6) is 0.934. The highest BCUT2D eigenvalue weighted by molar-refractivity contribution is 5.79. The Kier molecular flexibility index (Phi) is 8.11. The Morgan fingerprint density at radius 2 is 1.73 bits per heavy atom. The minimum atomic E-state index is -4.43. The number of hydrogen-bond acceptors (Lipinski definition) is 4. The summed E-state index contributed by atoms with van der Waals surface area (Å²) in [6, 6.07) is 10.3. The summed E-state index contributed by atoms with van der Waals surface area (Å²) in [5, 5.41) is 0. The Labute approximate surface area is 175 Å². The summed E-state index contributed by atoms with van der Waals surface area (Å²) < 4.78 is 49.6. The van der Waals surface area contributed by atoms with Crippen LogP contribution in [0, 0.1) is 0 Å². The Balaban J connectivity index is 2.23. The van der Waals surface area contributed by atoms with Gasteiger partial charge in [-0.1, -0.05) is 18.2 Å². The van der Waals surface area contributed by atoms with E-state index in [4.69, 9.17) is 9.47 Å². The van der Waals surface area contributed by atoms with Crippen LogP contribution < -0.4 is 9.47 Å². The number of rotatable bonds is 9. The van der Waals surface area contributed by atoms with Gasteiger partial charge in [0.25, 0.3) is 0 Å². The number of benzene rings is 2. The Morgan fingerprint density at radius 1 is 1.00 bits per heavy atom. The molecule has 0 heterocycles. The average molecular weight is 424 g/mol. The molecule has 0 N–H and O–H groups in total. The first-order valence-corrected chi connectivity index (χ1v) is 9.43. The van der Waals surface area contributed by atoms with E-state index in [-0.39, 0.29) is 18.9 Å². The van der Waals surface area contributed by atoms with Gasteiger partial charge in [-0.2, -0.15) is 13.2 Å². The van der Waals surface area contributed by atoms with Crippen molar-refractivity contribution >= 4 is 5.91 Å². The van der Waals surface area contributed by atoms with Crippen LogP contribution in [0.2, 0.25) is 0 Å². The molecular formula is C22H27F3N2O3. The lowest BCUT2D eigenvalue weighted by Crippen LogP contribution is -2.37. The highest BCUT2D eigenvalue weighted by Crippen LogP contribution is 2.30. The molecule has 2 rings (SSSR count). The first-order chi connectivity index (χ1) is 14.1. The lowest BCUT2D eigenvalue weighted by molar-refractivity contribution is -0.137. The van der Waals surface area contributed by atoms with E-state index in [1.54, 1.807) is 29.2 Å². The number of hydrogen-bond donors (Lipinski definition) is 0. The summed E-state index contributed by atoms with van der Waals surface area (Å²) in [7, 11) is 6.80. The summed E-state index contributed by atoms with van der Waals surface area (Å²) in [6.07, 6.45) is -4.36. The predicted octanol–water partition coefficient (Wildman–Crippen LogP) is 3.86. The van der Waals surface area contributed by atoms with Crippen LogP contribution in [0.25, 0.3) is 0 Å². The maximum absolute atomic E-state index is 13.0. The quantitative estimate of drug-likeness (QED) is 0.613. The van der Waals surface area contributed by atoms with Crippen molar-refractivity contribution in [2.45, 2.75) is 19.1 Å². The molecule has 0 saturated heterocycles. The lowest BCUT2D eigenvalue weighted by Gasteiger charge is -2.25. The van der Waals surface area contributed by atoms with Gasteiger partial charge in [-0.25, -0.2) is 0 Å². The molecule has 0 radical (unpaired) electrons. The number of halogens is 3. The van der Waals surface area contributed by atoms with E-state index in [0.29, 0.717) is 35.7 Å². The topological polar surface area (TPSA) is 42.0 Å². The molecule has 0 aromatic heterocycles. The molecule has 0 aliphatic heterocycles. The second-order valence-corrected chi connectivity index (χ2v) is 7.17. The number of amides is 1. The molecule has 0 aliphatic rings. The molecule has 0 fully saturated rings. The van der Waals surface area contributed by atoms with E-state index in [1.165, 1.54) is 20.3 Å². The van der Waals surface area contributed by atoms with Gasteiger partial charge in [-0.15, -0.1) is 0 Å². The Morgan fingerprint density at radius 3 is 2.33 bits per heavy atom. The van der Waals surface area contributed by atoms with Crippen molar-refractivity contribution in [1.82, 2.24) is 9.80 Å². The fourth-order valence-electron chi connectivity index (χ4n) is 2.95. The summed E-state index contributed by atoms with van der Waals surface area (Å²) in [4.78, 5) is 16.5. The molecule has 2 aromatic rings. The van der Waals surface area contributed by atoms with E-state index < -0.39 is 11.7 Å². The Hall–Kier alpha value is -2.74. The molecule has 0 unspecified atom stereocenters. The minimum absolute atomic E-state index is 0.0690. The van der Waals surface area contributed by atoms with E-state index >= 15 is 0 Å². The minimum Gasteiger partial charge on any atom is -0.497 e. The van der Waals surface area contributed by atoms with Gasteiger partial charge in [0.1, 0.15) is 11.5 Å². The van der Waals surface area contributed by atoms with E-state index in [9.17, 15) is 18.0 Å². The molecular weight excluding hydrogens is 397 g/mol. The molecule has 2 aromatic carbocycles. The molecule has 5 nitrogen and oxygen atoms in total. The van der Waals surface area contributed by atoms with Crippen molar-refractivity contribution in [1.29, 1.82) is 0 Å². The van der Waals surface area contributed by atoms with Crippen LogP contribution in [-0.2, 0) is 23.9 Å². The van der Waals surface area contributed by atoms with Gasteiger partial charge < -0.3 is 19.3 Å². The first kappa shape index (κ1) is 23.5. The molecule has 0 saturated carbocycles. The highest BCUT2D eigenvalue weighted by atomic mass is 19.4. The van der Waals surface area contributed by atoms with Crippen LogP contribution in [-0.4, -0.2) is 57.1 Å². The second-order valence-electron chi connectivity index (χ2n) is 7.17. The normalized spacial score (nSPS) is 11.5. The predicted molar refractivity (Wildman–Crippen MR) is 109 cm³/mol. The van der Waals surface area contributed by atoms with Crippen LogP contribution in [0.15, 0.2) is 42.5 Å². The fraction of sp³-hybridized carbons (Fsp3) is 0.409. The SMILES string of the molecule is COc1ccc(CC(=O)N(CCN(C)C)Cc2cccc(C(F)(F)F)c2)c(OC)c1. The largest absolute Gasteiger partial charge is 0.497 e. The zero-order valence-electron chi connectivity index (χ0n) is 17.6. The van der Waals surface area contributed by atoms with E-state index in [1.807, 2.05) is 19.0 Å². The number of methoxy groups -OCH3 is 2. The number of nitrogens with zero attached hydrogens (tertiary/aromatic N) is 2. The average Bonchev–Trinajstić information content (AvgIpc) is 2.70. The number of likely N-dealkylation sites (N-methyl/N-ethyl adjacent to an activating group) is 1. The van der Waals surface area contributed by atoms with Gasteiger partial charge in [0, 0.05) is 31.3 Å². The van der Waals surface area contributed by atoms with Crippen molar-refractivity contribution in [3.63, 3.8) is 0 Å². The van der Waals surface area contributed by atoms with Gasteiger partial charge in [0.05, 0.1) is 26.2 Å². The standard InChI is InChI=1S/C22H27F3N2O3/c1-26(2)10-11-27(15-16-6-5-7-18(12-16)22(23,24)25)21(28)13-17-8-9-19(29-3)14-20(17)30-4/h5-9,12,14H,10-11,13,15H2,1-4H3. The summed E-state index contributed by atoms with van der Waals surface area (Å²) >= 11 is 0. The lowest BCUT2D eigenvalue weighted by atomic mass is 10.1. The van der Waals surface area contributed by atoms with E-state index in [2.05, 4.69) is 0 Å². The third-order valence-corrected chi connectivity index (χ3v) is 4.63. The van der Waals surface area contributed by atoms with Gasteiger partial charge in [0.2, 0.25) is 5.91 Å². The van der Waals surface area contributed by atoms with Gasteiger partial charge in [-0.3, -0.25) is 4.79 Å². The fourth-order valence-corrected chi connectivity index (χ4v) is 2.95. The van der Waals surface area contributed by atoms with Crippen LogP contribution in [0.3, 0.4) is 0 Å². The van der Waals surface area contributed by atoms with Crippen LogP contribution in [0.1, 0.15) is 16.7 Å². The number of ether oxygens (including phenoxy) is 2. The zero-order valence-corrected chi connectivity index (χ0v) is 17.6. The number of carbonyl (C=O) groups excluding carboxylic acids is 1. The van der Waals surface area contributed by atoms with Crippen LogP contribution in [0.5, 0.6) is 11.5 Å². The van der Waals surface area contributed by atoms with Crippen molar-refractivity contribution in [3.05, 3.63) is 59.2 Å². The molecule has 0 spiro atoms. The maximum atomic E-state index is 13.0. The smallest absolute Gasteiger partial charge is 0.416 e. The van der Waals surface area contributed by atoms with Crippen molar-refractivity contribution in [2.75, 3.05) is 41.4 Å². The van der Waals surface area contributed by atoms with Gasteiger partial charge in [-0.05, 0) is 37.9 Å². The van der Waals surface area contributed by atoms with Crippen LogP contribution in [0.4, 0.5) is 13.2 Å². The van der Waals surface area contributed by atoms with Crippen molar-refractivity contribution in [2.24, 2.45) is 0 Å². The number of alkyl halides is 3. The molecule has 0 aliphatic carbocycles. The molecule has 30 heavy (non-hydrogen) atoms. The molecule has 164 valence electrons. The van der Waals surface area contributed by atoms with Gasteiger partial charge in [0.15, 0.2) is 0 Å². The first-order valence-electron chi connectivity index (χ1n) is 9.43. The number of carbonyl (C=O) groups is 1. The maximum Gasteiger partial charge on any atom is 0.416 e. The highest BCUT2D eigenvalue weighted by Gasteiger charge is 2.30. The van der Waals surface area contributed by atoms with E-state index in [0.717, 1.165) is 12.1 Å². The van der Waals surface area contributed by atoms with Crippen LogP contribution >= 0.6 is 0 Å². The molecule has 0 atom stereocenters. The monoisotopic (exact) mass is 424 g/mol.